The van der Waals surface area contributed by atoms with Gasteiger partial charge in [-0.1, -0.05) is 17.7 Å². The average Bonchev–Trinajstić information content (AvgIpc) is 3.08. The average molecular weight is 387 g/mol. The Morgan fingerprint density at radius 1 is 1.15 bits per heavy atom. The first-order valence-electron chi connectivity index (χ1n) is 8.52. The van der Waals surface area contributed by atoms with E-state index in [0.717, 1.165) is 10.5 Å². The Bertz CT molecular complexity index is 867. The molecule has 2 aromatic rings. The van der Waals surface area contributed by atoms with Gasteiger partial charge in [0.05, 0.1) is 5.75 Å². The second-order valence-corrected chi connectivity index (χ2v) is 7.26. The molecule has 0 saturated carbocycles. The summed E-state index contributed by atoms with van der Waals surface area (Å²) in [5.41, 5.74) is 2.84. The molecule has 2 aromatic carbocycles. The summed E-state index contributed by atoms with van der Waals surface area (Å²) in [4.78, 5) is 25.3. The molecule has 1 aliphatic rings. The van der Waals surface area contributed by atoms with Crippen molar-refractivity contribution in [3.05, 3.63) is 47.5 Å². The van der Waals surface area contributed by atoms with E-state index < -0.39 is 18.0 Å². The minimum Gasteiger partial charge on any atom is -0.454 e. The second-order valence-electron chi connectivity index (χ2n) is 6.25. The topological polar surface area (TPSA) is 73.9 Å². The van der Waals surface area contributed by atoms with Crippen LogP contribution in [0.3, 0.4) is 0 Å². The van der Waals surface area contributed by atoms with Crippen molar-refractivity contribution in [3.8, 4) is 11.5 Å². The largest absolute Gasteiger partial charge is 0.454 e. The first kappa shape index (κ1) is 19.1. The molecule has 0 aliphatic carbocycles. The van der Waals surface area contributed by atoms with E-state index in [-0.39, 0.29) is 12.5 Å². The van der Waals surface area contributed by atoms with Gasteiger partial charge in [0, 0.05) is 16.6 Å². The van der Waals surface area contributed by atoms with Gasteiger partial charge in [-0.05, 0) is 44.5 Å². The molecule has 0 unspecified atom stereocenters. The Morgan fingerprint density at radius 3 is 2.70 bits per heavy atom. The molecule has 1 atom stereocenters. The lowest BCUT2D eigenvalue weighted by molar-refractivity contribution is -0.150. The lowest BCUT2D eigenvalue weighted by Crippen LogP contribution is -2.30. The minimum atomic E-state index is -0.900. The first-order chi connectivity index (χ1) is 12.9. The van der Waals surface area contributed by atoms with Crippen LogP contribution in [0, 0.1) is 13.8 Å². The van der Waals surface area contributed by atoms with Crippen molar-refractivity contribution >= 4 is 29.3 Å². The van der Waals surface area contributed by atoms with Gasteiger partial charge in [0.15, 0.2) is 17.6 Å². The maximum Gasteiger partial charge on any atom is 0.317 e. The van der Waals surface area contributed by atoms with E-state index >= 15 is 0 Å². The van der Waals surface area contributed by atoms with Crippen LogP contribution in [0.15, 0.2) is 41.3 Å². The van der Waals surface area contributed by atoms with Crippen molar-refractivity contribution in [2.24, 2.45) is 0 Å². The highest BCUT2D eigenvalue weighted by molar-refractivity contribution is 8.00. The second kappa shape index (κ2) is 8.35. The first-order valence-corrected chi connectivity index (χ1v) is 9.51. The SMILES string of the molecule is Cc1ccc(SCC(=O)O[C@H](C)C(=O)Nc2ccc3c(c2)OCO3)c(C)c1. The number of ether oxygens (including phenoxy) is 3. The number of thioether (sulfide) groups is 1. The van der Waals surface area contributed by atoms with Gasteiger partial charge in [0.1, 0.15) is 0 Å². The zero-order valence-electron chi connectivity index (χ0n) is 15.4. The fraction of sp³-hybridized carbons (Fsp3) is 0.300. The van der Waals surface area contributed by atoms with Crippen LogP contribution in [0.4, 0.5) is 5.69 Å². The zero-order chi connectivity index (χ0) is 19.4. The molecular weight excluding hydrogens is 366 g/mol. The standard InChI is InChI=1S/C20H21NO5S/c1-12-4-7-18(13(2)8-12)27-10-19(22)26-14(3)20(23)21-15-5-6-16-17(9-15)25-11-24-16/h4-9,14H,10-11H2,1-3H3,(H,21,23)/t14-/m1/s1. The Morgan fingerprint density at radius 2 is 1.93 bits per heavy atom. The quantitative estimate of drug-likeness (QED) is 0.602. The molecule has 142 valence electrons. The molecule has 27 heavy (non-hydrogen) atoms. The molecule has 1 N–H and O–H groups in total. The van der Waals surface area contributed by atoms with Gasteiger partial charge >= 0.3 is 5.97 Å². The lowest BCUT2D eigenvalue weighted by atomic mass is 10.2. The number of esters is 1. The van der Waals surface area contributed by atoms with E-state index in [1.165, 1.54) is 17.3 Å². The number of aryl methyl sites for hydroxylation is 2. The van der Waals surface area contributed by atoms with Crippen LogP contribution in [-0.4, -0.2) is 30.5 Å². The fourth-order valence-electron chi connectivity index (χ4n) is 2.60. The number of amides is 1. The molecule has 1 heterocycles. The summed E-state index contributed by atoms with van der Waals surface area (Å²) in [5.74, 6) is 0.510. The third-order valence-electron chi connectivity index (χ3n) is 3.99. The maximum absolute atomic E-state index is 12.2. The Balaban J connectivity index is 1.49. The van der Waals surface area contributed by atoms with Crippen molar-refractivity contribution in [1.82, 2.24) is 0 Å². The molecule has 6 nitrogen and oxygen atoms in total. The van der Waals surface area contributed by atoms with Crippen LogP contribution in [0.2, 0.25) is 0 Å². The number of carbonyl (C=O) groups excluding carboxylic acids is 2. The predicted octanol–water partition coefficient (Wildman–Crippen LogP) is 3.69. The van der Waals surface area contributed by atoms with Crippen molar-refractivity contribution in [3.63, 3.8) is 0 Å². The molecule has 0 saturated heterocycles. The predicted molar refractivity (Wildman–Crippen MR) is 103 cm³/mol. The molecular formula is C20H21NO5S. The number of hydrogen-bond donors (Lipinski definition) is 1. The van der Waals surface area contributed by atoms with E-state index in [4.69, 9.17) is 14.2 Å². The summed E-state index contributed by atoms with van der Waals surface area (Å²) in [6.45, 7) is 5.74. The fourth-order valence-corrected chi connectivity index (χ4v) is 3.39. The molecule has 0 radical (unpaired) electrons. The Kier molecular flexibility index (Phi) is 5.91. The van der Waals surface area contributed by atoms with E-state index in [1.54, 1.807) is 25.1 Å². The van der Waals surface area contributed by atoms with Crippen molar-refractivity contribution in [2.75, 3.05) is 17.9 Å². The Hall–Kier alpha value is -2.67. The number of hydrogen-bond acceptors (Lipinski definition) is 6. The van der Waals surface area contributed by atoms with E-state index in [2.05, 4.69) is 11.4 Å². The van der Waals surface area contributed by atoms with Crippen LogP contribution >= 0.6 is 11.8 Å². The van der Waals surface area contributed by atoms with Gasteiger partial charge in [-0.2, -0.15) is 0 Å². The third kappa shape index (κ3) is 4.95. The molecule has 1 amide bonds. The number of fused-ring (bicyclic) bond motifs is 1. The molecule has 0 bridgehead atoms. The minimum absolute atomic E-state index is 0.144. The van der Waals surface area contributed by atoms with Crippen LogP contribution in [-0.2, 0) is 14.3 Å². The van der Waals surface area contributed by atoms with Gasteiger partial charge in [-0.15, -0.1) is 11.8 Å². The number of nitrogens with one attached hydrogen (secondary N) is 1. The highest BCUT2D eigenvalue weighted by Crippen LogP contribution is 2.34. The third-order valence-corrected chi connectivity index (χ3v) is 5.14. The number of benzene rings is 2. The van der Waals surface area contributed by atoms with Gasteiger partial charge < -0.3 is 19.5 Å². The number of rotatable bonds is 6. The monoisotopic (exact) mass is 387 g/mol. The Labute approximate surface area is 162 Å². The molecule has 7 heteroatoms. The van der Waals surface area contributed by atoms with Crippen LogP contribution in [0.1, 0.15) is 18.1 Å². The molecule has 1 aliphatic heterocycles. The molecule has 0 aromatic heterocycles. The van der Waals surface area contributed by atoms with Crippen molar-refractivity contribution < 1.29 is 23.8 Å². The molecule has 0 spiro atoms. The van der Waals surface area contributed by atoms with Crippen molar-refractivity contribution in [1.29, 1.82) is 0 Å². The van der Waals surface area contributed by atoms with Gasteiger partial charge in [-0.3, -0.25) is 9.59 Å². The smallest absolute Gasteiger partial charge is 0.317 e. The van der Waals surface area contributed by atoms with Crippen LogP contribution in [0.25, 0.3) is 0 Å². The van der Waals surface area contributed by atoms with E-state index in [9.17, 15) is 9.59 Å². The summed E-state index contributed by atoms with van der Waals surface area (Å²) in [6.07, 6.45) is -0.900. The molecule has 3 rings (SSSR count). The zero-order valence-corrected chi connectivity index (χ0v) is 16.2. The van der Waals surface area contributed by atoms with Gasteiger partial charge in [-0.25, -0.2) is 0 Å². The summed E-state index contributed by atoms with van der Waals surface area (Å²) in [5, 5.41) is 2.71. The summed E-state index contributed by atoms with van der Waals surface area (Å²) < 4.78 is 15.7. The van der Waals surface area contributed by atoms with Gasteiger partial charge in [0.2, 0.25) is 6.79 Å². The van der Waals surface area contributed by atoms with E-state index in [1.807, 2.05) is 26.0 Å². The highest BCUT2D eigenvalue weighted by atomic mass is 32.2. The summed E-state index contributed by atoms with van der Waals surface area (Å²) >= 11 is 1.40. The van der Waals surface area contributed by atoms with Crippen molar-refractivity contribution in [2.45, 2.75) is 31.8 Å². The lowest BCUT2D eigenvalue weighted by Gasteiger charge is -2.14. The van der Waals surface area contributed by atoms with Gasteiger partial charge in [0.25, 0.3) is 5.91 Å². The van der Waals surface area contributed by atoms with Crippen LogP contribution < -0.4 is 14.8 Å². The number of anilines is 1. The highest BCUT2D eigenvalue weighted by Gasteiger charge is 2.20. The summed E-state index contributed by atoms with van der Waals surface area (Å²) in [6, 6.07) is 11.1. The van der Waals surface area contributed by atoms with Crippen LogP contribution in [0.5, 0.6) is 11.5 Å². The van der Waals surface area contributed by atoms with E-state index in [0.29, 0.717) is 17.2 Å². The maximum atomic E-state index is 12.2. The molecule has 0 fully saturated rings. The number of carbonyl (C=O) groups is 2. The summed E-state index contributed by atoms with van der Waals surface area (Å²) in [7, 11) is 0. The normalized spacial score (nSPS) is 13.1.